The first kappa shape index (κ1) is 21.1. The maximum Gasteiger partial charge on any atom is 0.416 e. The van der Waals surface area contributed by atoms with E-state index < -0.39 is 23.7 Å². The van der Waals surface area contributed by atoms with Crippen LogP contribution in [-0.4, -0.2) is 55.3 Å². The Balaban J connectivity index is 1.76. The topological polar surface area (TPSA) is 81.8 Å². The Labute approximate surface area is 166 Å². The van der Waals surface area contributed by atoms with Crippen LogP contribution in [0, 0.1) is 5.92 Å². The van der Waals surface area contributed by atoms with Crippen LogP contribution in [0.2, 0.25) is 0 Å². The van der Waals surface area contributed by atoms with E-state index in [0.717, 1.165) is 12.1 Å². The van der Waals surface area contributed by atoms with Gasteiger partial charge < -0.3 is 10.6 Å². The minimum atomic E-state index is -4.55. The Hall–Kier alpha value is -2.62. The number of nitrogens with one attached hydrogen (secondary N) is 2. The zero-order valence-corrected chi connectivity index (χ0v) is 16.2. The summed E-state index contributed by atoms with van der Waals surface area (Å²) in [6.45, 7) is 2.55. The molecule has 29 heavy (non-hydrogen) atoms. The molecule has 0 saturated carbocycles. The van der Waals surface area contributed by atoms with Gasteiger partial charge in [0.15, 0.2) is 0 Å². The summed E-state index contributed by atoms with van der Waals surface area (Å²) < 4.78 is 38.9. The smallest absolute Gasteiger partial charge is 0.359 e. The highest BCUT2D eigenvalue weighted by Gasteiger charge is 2.37. The van der Waals surface area contributed by atoms with E-state index in [1.807, 2.05) is 4.90 Å². The number of likely N-dealkylation sites (tertiary alicyclic amines) is 1. The summed E-state index contributed by atoms with van der Waals surface area (Å²) in [6.07, 6.45) is -3.32. The fourth-order valence-corrected chi connectivity index (χ4v) is 3.80. The Morgan fingerprint density at radius 2 is 1.90 bits per heavy atom. The Bertz CT molecular complexity index is 819. The van der Waals surface area contributed by atoms with E-state index in [1.54, 1.807) is 14.0 Å². The highest BCUT2D eigenvalue weighted by molar-refractivity contribution is 6.11. The first-order chi connectivity index (χ1) is 13.6. The van der Waals surface area contributed by atoms with Crippen molar-refractivity contribution in [2.75, 3.05) is 36.9 Å². The van der Waals surface area contributed by atoms with Gasteiger partial charge in [-0.25, -0.2) is 0 Å². The van der Waals surface area contributed by atoms with Crippen LogP contribution in [0.15, 0.2) is 18.2 Å². The summed E-state index contributed by atoms with van der Waals surface area (Å²) in [5.41, 5.74) is -0.681. The molecule has 3 amide bonds. The van der Waals surface area contributed by atoms with Gasteiger partial charge in [-0.1, -0.05) is 0 Å². The number of carbonyl (C=O) groups excluding carboxylic acids is 3. The predicted molar refractivity (Wildman–Crippen MR) is 100 cm³/mol. The van der Waals surface area contributed by atoms with Crippen molar-refractivity contribution in [1.82, 2.24) is 10.2 Å². The number of rotatable bonds is 3. The fourth-order valence-electron chi connectivity index (χ4n) is 3.80. The average molecular weight is 412 g/mol. The molecule has 2 aliphatic rings. The van der Waals surface area contributed by atoms with Crippen LogP contribution in [0.4, 0.5) is 24.5 Å². The van der Waals surface area contributed by atoms with Crippen molar-refractivity contribution in [3.05, 3.63) is 23.8 Å². The first-order valence-electron chi connectivity index (χ1n) is 9.40. The molecule has 2 heterocycles. The number of alkyl halides is 3. The molecule has 0 aromatic heterocycles. The summed E-state index contributed by atoms with van der Waals surface area (Å²) in [5.74, 6) is -1.03. The standard InChI is InChI=1S/C19H23F3N4O3/c1-11(25-7-5-12(6-8-25)17(28)23-2)18(29)26-10-16(27)24-14-9-13(19(20,21)22)3-4-15(14)26/h3-4,9,11-12H,5-8,10H2,1-2H3,(H,23,28)(H,24,27)/t11-/m0/s1. The van der Waals surface area contributed by atoms with Gasteiger partial charge in [0.05, 0.1) is 23.0 Å². The van der Waals surface area contributed by atoms with Crippen LogP contribution in [0.1, 0.15) is 25.3 Å². The molecule has 0 aliphatic carbocycles. The average Bonchev–Trinajstić information content (AvgIpc) is 2.70. The molecule has 1 aromatic carbocycles. The molecule has 10 heteroatoms. The number of anilines is 2. The number of hydrogen-bond acceptors (Lipinski definition) is 4. The van der Waals surface area contributed by atoms with E-state index >= 15 is 0 Å². The molecular formula is C19H23F3N4O3. The molecule has 0 radical (unpaired) electrons. The van der Waals surface area contributed by atoms with Crippen molar-refractivity contribution in [3.63, 3.8) is 0 Å². The van der Waals surface area contributed by atoms with Crippen LogP contribution < -0.4 is 15.5 Å². The summed E-state index contributed by atoms with van der Waals surface area (Å²) in [5, 5.41) is 5.04. The van der Waals surface area contributed by atoms with Gasteiger partial charge in [0.1, 0.15) is 6.54 Å². The third kappa shape index (κ3) is 4.36. The number of halogens is 3. The second-order valence-corrected chi connectivity index (χ2v) is 7.30. The lowest BCUT2D eigenvalue weighted by atomic mass is 9.95. The molecule has 1 fully saturated rings. The number of fused-ring (bicyclic) bond motifs is 1. The largest absolute Gasteiger partial charge is 0.416 e. The quantitative estimate of drug-likeness (QED) is 0.794. The van der Waals surface area contributed by atoms with Crippen molar-refractivity contribution < 1.29 is 27.6 Å². The first-order valence-corrected chi connectivity index (χ1v) is 9.40. The molecule has 3 rings (SSSR count). The second-order valence-electron chi connectivity index (χ2n) is 7.30. The van der Waals surface area contributed by atoms with Gasteiger partial charge in [-0.2, -0.15) is 13.2 Å². The highest BCUT2D eigenvalue weighted by Crippen LogP contribution is 2.37. The van der Waals surface area contributed by atoms with Gasteiger partial charge in [-0.15, -0.1) is 0 Å². The van der Waals surface area contributed by atoms with Crippen molar-refractivity contribution in [3.8, 4) is 0 Å². The van der Waals surface area contributed by atoms with Gasteiger partial charge in [0.25, 0.3) is 0 Å². The number of carbonyl (C=O) groups is 3. The number of nitrogens with zero attached hydrogens (tertiary/aromatic N) is 2. The predicted octanol–water partition coefficient (Wildman–Crippen LogP) is 1.84. The van der Waals surface area contributed by atoms with Crippen LogP contribution in [0.5, 0.6) is 0 Å². The molecule has 1 atom stereocenters. The van der Waals surface area contributed by atoms with Crippen molar-refractivity contribution in [2.45, 2.75) is 32.0 Å². The monoisotopic (exact) mass is 412 g/mol. The van der Waals surface area contributed by atoms with E-state index in [4.69, 9.17) is 0 Å². The minimum Gasteiger partial charge on any atom is -0.359 e. The van der Waals surface area contributed by atoms with Crippen LogP contribution in [0.3, 0.4) is 0 Å². The van der Waals surface area contributed by atoms with Crippen molar-refractivity contribution in [2.24, 2.45) is 5.92 Å². The van der Waals surface area contributed by atoms with E-state index in [-0.39, 0.29) is 35.7 Å². The van der Waals surface area contributed by atoms with E-state index in [1.165, 1.54) is 11.0 Å². The van der Waals surface area contributed by atoms with E-state index in [0.29, 0.717) is 25.9 Å². The Kier molecular flexibility index (Phi) is 5.83. The van der Waals surface area contributed by atoms with Crippen LogP contribution >= 0.6 is 0 Å². The summed E-state index contributed by atoms with van der Waals surface area (Å²) in [6, 6.07) is 2.38. The highest BCUT2D eigenvalue weighted by atomic mass is 19.4. The number of piperidine rings is 1. The maximum atomic E-state index is 13.1. The van der Waals surface area contributed by atoms with Crippen molar-refractivity contribution in [1.29, 1.82) is 0 Å². The van der Waals surface area contributed by atoms with Gasteiger partial charge in [-0.3, -0.25) is 24.2 Å². The third-order valence-electron chi connectivity index (χ3n) is 5.51. The summed E-state index contributed by atoms with van der Waals surface area (Å²) >= 11 is 0. The van der Waals surface area contributed by atoms with E-state index in [9.17, 15) is 27.6 Å². The number of hydrogen-bond donors (Lipinski definition) is 2. The fraction of sp³-hybridized carbons (Fsp3) is 0.526. The molecule has 0 unspecified atom stereocenters. The van der Waals surface area contributed by atoms with Gasteiger partial charge in [0.2, 0.25) is 17.7 Å². The van der Waals surface area contributed by atoms with Gasteiger partial charge in [-0.05, 0) is 51.1 Å². The zero-order chi connectivity index (χ0) is 21.3. The third-order valence-corrected chi connectivity index (χ3v) is 5.51. The normalized spacial score (nSPS) is 19.3. The zero-order valence-electron chi connectivity index (χ0n) is 16.2. The molecule has 0 bridgehead atoms. The molecule has 1 aromatic rings. The Morgan fingerprint density at radius 3 is 2.48 bits per heavy atom. The van der Waals surface area contributed by atoms with E-state index in [2.05, 4.69) is 10.6 Å². The molecule has 1 saturated heterocycles. The van der Waals surface area contributed by atoms with Crippen LogP contribution in [-0.2, 0) is 20.6 Å². The SMILES string of the molecule is CNC(=O)C1CCN([C@@H](C)C(=O)N2CC(=O)Nc3cc(C(F)(F)F)ccc32)CC1. The maximum absolute atomic E-state index is 13.1. The van der Waals surface area contributed by atoms with Gasteiger partial charge in [0, 0.05) is 13.0 Å². The lowest BCUT2D eigenvalue weighted by Gasteiger charge is -2.38. The summed E-state index contributed by atoms with van der Waals surface area (Å²) in [4.78, 5) is 40.0. The Morgan fingerprint density at radius 1 is 1.24 bits per heavy atom. The lowest BCUT2D eigenvalue weighted by molar-refractivity contribution is -0.137. The minimum absolute atomic E-state index is 0.0225. The van der Waals surface area contributed by atoms with Gasteiger partial charge >= 0.3 is 6.18 Å². The molecule has 7 nitrogen and oxygen atoms in total. The second kappa shape index (κ2) is 8.02. The van der Waals surface area contributed by atoms with Crippen molar-refractivity contribution >= 4 is 29.1 Å². The number of benzene rings is 1. The molecule has 0 spiro atoms. The summed E-state index contributed by atoms with van der Waals surface area (Å²) in [7, 11) is 1.59. The van der Waals surface area contributed by atoms with Crippen LogP contribution in [0.25, 0.3) is 0 Å². The molecular weight excluding hydrogens is 389 g/mol. The molecule has 2 aliphatic heterocycles. The molecule has 158 valence electrons. The lowest BCUT2D eigenvalue weighted by Crippen LogP contribution is -2.53. The molecule has 2 N–H and O–H groups in total. The number of amides is 3.